The van der Waals surface area contributed by atoms with Gasteiger partial charge in [-0.3, -0.25) is 0 Å². The lowest BCUT2D eigenvalue weighted by Gasteiger charge is -2.72. The van der Waals surface area contributed by atoms with Gasteiger partial charge in [-0.1, -0.05) is 112 Å². The summed E-state index contributed by atoms with van der Waals surface area (Å²) in [5.74, 6) is 0. The Hall–Kier alpha value is -2.96. The quantitative estimate of drug-likeness (QED) is 0.437. The average molecular weight is 505 g/mol. The van der Waals surface area contributed by atoms with E-state index in [0.29, 0.717) is 29.0 Å². The van der Waals surface area contributed by atoms with Crippen LogP contribution in [0.2, 0.25) is 0 Å². The second-order valence-corrected chi connectivity index (χ2v) is 11.3. The zero-order valence-corrected chi connectivity index (χ0v) is 23.8. The van der Waals surface area contributed by atoms with E-state index in [1.54, 1.807) is 0 Å². The highest BCUT2D eigenvalue weighted by Crippen LogP contribution is 2.72. The van der Waals surface area contributed by atoms with E-state index >= 15 is 4.39 Å². The van der Waals surface area contributed by atoms with E-state index in [4.69, 9.17) is 4.43 Å². The molecule has 2 amide bonds. The van der Waals surface area contributed by atoms with Gasteiger partial charge in [0, 0.05) is 12.0 Å². The molecule has 2 N–H and O–H groups in total. The Morgan fingerprint density at radius 2 is 1.44 bits per heavy atom. The van der Waals surface area contributed by atoms with Crippen LogP contribution in [0.1, 0.15) is 50.8 Å². The second-order valence-electron chi connectivity index (χ2n) is 10.9. The number of nitrogens with one attached hydrogen (secondary N) is 2. The smallest absolute Gasteiger partial charge is 0.315 e. The highest BCUT2D eigenvalue weighted by atomic mass is 28.2. The van der Waals surface area contributed by atoms with Crippen molar-refractivity contribution in [1.29, 1.82) is 0 Å². The molecule has 0 bridgehead atoms. The second kappa shape index (κ2) is 9.83. The highest BCUT2D eigenvalue weighted by Gasteiger charge is 2.81. The zero-order valence-electron chi connectivity index (χ0n) is 21.8. The number of hydrogen-bond acceptors (Lipinski definition) is 2. The summed E-state index contributed by atoms with van der Waals surface area (Å²) in [6, 6.07) is 28.5. The van der Waals surface area contributed by atoms with Crippen LogP contribution in [0.15, 0.2) is 91.0 Å². The van der Waals surface area contributed by atoms with Crippen LogP contribution >= 0.6 is 0 Å². The van der Waals surface area contributed by atoms with Gasteiger partial charge < -0.3 is 15.1 Å². The van der Waals surface area contributed by atoms with Crippen molar-refractivity contribution >= 4 is 16.5 Å². The standard InChI is InChI=1S/C30H37FN2O2Si/c1-22(35-36)29(33-26(34)32-20-23-14-8-5-9-15-23)21-28(27(2,3)4,24-16-10-6-11-17-24)30(29,31)25-18-12-7-13-19-25/h5-19,22H,20-21H2,1-4,36H3,(H2,32,33,34). The first-order valence-corrected chi connectivity index (χ1v) is 13.4. The monoisotopic (exact) mass is 504 g/mol. The molecule has 3 aromatic carbocycles. The number of rotatable bonds is 7. The van der Waals surface area contributed by atoms with Crippen molar-refractivity contribution in [2.45, 2.75) is 63.4 Å². The van der Waals surface area contributed by atoms with Gasteiger partial charge >= 0.3 is 6.03 Å². The largest absolute Gasteiger partial charge is 0.423 e. The maximum Gasteiger partial charge on any atom is 0.315 e. The molecule has 1 fully saturated rings. The number of alkyl halides is 1. The van der Waals surface area contributed by atoms with Gasteiger partial charge in [-0.05, 0) is 35.4 Å². The summed E-state index contributed by atoms with van der Waals surface area (Å²) in [4.78, 5) is 13.3. The molecule has 0 spiro atoms. The lowest BCUT2D eigenvalue weighted by atomic mass is 9.35. The first-order chi connectivity index (χ1) is 17.1. The summed E-state index contributed by atoms with van der Waals surface area (Å²) >= 11 is 0. The summed E-state index contributed by atoms with van der Waals surface area (Å²) in [6.45, 7) is 8.49. The third kappa shape index (κ3) is 3.97. The predicted octanol–water partition coefficient (Wildman–Crippen LogP) is 5.16. The van der Waals surface area contributed by atoms with Crippen LogP contribution in [0.25, 0.3) is 0 Å². The molecule has 0 aromatic heterocycles. The number of benzene rings is 3. The van der Waals surface area contributed by atoms with Gasteiger partial charge in [0.2, 0.25) is 0 Å². The zero-order chi connectivity index (χ0) is 26.0. The Labute approximate surface area is 217 Å². The molecule has 4 rings (SSSR count). The minimum atomic E-state index is -1.94. The van der Waals surface area contributed by atoms with E-state index in [2.05, 4.69) is 31.4 Å². The molecule has 4 unspecified atom stereocenters. The lowest BCUT2D eigenvalue weighted by Crippen LogP contribution is -2.85. The molecule has 0 radical (unpaired) electrons. The van der Waals surface area contributed by atoms with Crippen LogP contribution in [0.5, 0.6) is 0 Å². The molecule has 4 nitrogen and oxygen atoms in total. The third-order valence-electron chi connectivity index (χ3n) is 8.15. The molecule has 0 aliphatic heterocycles. The Balaban J connectivity index is 1.83. The Bertz CT molecular complexity index is 1170. The molecule has 1 aliphatic rings. The Kier molecular flexibility index (Phi) is 7.13. The number of hydrogen-bond donors (Lipinski definition) is 2. The summed E-state index contributed by atoms with van der Waals surface area (Å²) in [5.41, 5.74) is -2.12. The normalized spacial score (nSPS) is 26.6. The predicted molar refractivity (Wildman–Crippen MR) is 146 cm³/mol. The van der Waals surface area contributed by atoms with Crippen molar-refractivity contribution in [3.05, 3.63) is 108 Å². The van der Waals surface area contributed by atoms with Crippen LogP contribution in [0, 0.1) is 5.41 Å². The van der Waals surface area contributed by atoms with Gasteiger partial charge in [0.15, 0.2) is 5.67 Å². The van der Waals surface area contributed by atoms with Crippen molar-refractivity contribution in [3.8, 4) is 0 Å². The Morgan fingerprint density at radius 3 is 1.94 bits per heavy atom. The third-order valence-corrected chi connectivity index (χ3v) is 8.85. The van der Waals surface area contributed by atoms with Crippen LogP contribution < -0.4 is 10.6 Å². The number of carbonyl (C=O) groups excluding carboxylic acids is 1. The minimum absolute atomic E-state index is 0.354. The summed E-state index contributed by atoms with van der Waals surface area (Å²) < 4.78 is 24.4. The van der Waals surface area contributed by atoms with E-state index in [9.17, 15) is 4.79 Å². The fourth-order valence-corrected chi connectivity index (χ4v) is 6.63. The number of halogens is 1. The van der Waals surface area contributed by atoms with Crippen molar-refractivity contribution in [1.82, 2.24) is 10.6 Å². The fraction of sp³-hybridized carbons (Fsp3) is 0.367. The summed E-state index contributed by atoms with van der Waals surface area (Å²) in [5, 5.41) is 6.04. The molecule has 1 saturated carbocycles. The molecule has 0 saturated heterocycles. The SMILES string of the molecule is CC(O[SiH3])C1(NC(=O)NCc2ccccc2)CC(c2ccccc2)(C(C)(C)C)C1(F)c1ccccc1. The number of carbonyl (C=O) groups is 1. The molecule has 36 heavy (non-hydrogen) atoms. The van der Waals surface area contributed by atoms with Crippen LogP contribution in [0.3, 0.4) is 0 Å². The van der Waals surface area contributed by atoms with Crippen LogP contribution in [-0.4, -0.2) is 28.2 Å². The summed E-state index contributed by atoms with van der Waals surface area (Å²) in [7, 11) is 0.422. The van der Waals surface area contributed by atoms with Crippen molar-refractivity contribution in [2.24, 2.45) is 5.41 Å². The molecule has 4 atom stereocenters. The molecule has 0 heterocycles. The van der Waals surface area contributed by atoms with Crippen molar-refractivity contribution in [3.63, 3.8) is 0 Å². The van der Waals surface area contributed by atoms with Gasteiger partial charge in [-0.15, -0.1) is 0 Å². The molecular formula is C30H37FN2O2Si. The minimum Gasteiger partial charge on any atom is -0.423 e. The van der Waals surface area contributed by atoms with Crippen molar-refractivity contribution in [2.75, 3.05) is 0 Å². The Morgan fingerprint density at radius 1 is 0.944 bits per heavy atom. The van der Waals surface area contributed by atoms with Gasteiger partial charge in [0.25, 0.3) is 0 Å². The topological polar surface area (TPSA) is 50.4 Å². The lowest BCUT2D eigenvalue weighted by molar-refractivity contribution is -0.221. The first kappa shape index (κ1) is 26.1. The fourth-order valence-electron chi connectivity index (χ4n) is 6.23. The molecule has 3 aromatic rings. The summed E-state index contributed by atoms with van der Waals surface area (Å²) in [6.07, 6.45) is -0.128. The first-order valence-electron chi connectivity index (χ1n) is 12.5. The average Bonchev–Trinajstić information content (AvgIpc) is 2.89. The van der Waals surface area contributed by atoms with Gasteiger partial charge in [0.05, 0.1) is 6.10 Å². The van der Waals surface area contributed by atoms with E-state index in [1.165, 1.54) is 0 Å². The van der Waals surface area contributed by atoms with E-state index in [0.717, 1.165) is 11.1 Å². The highest BCUT2D eigenvalue weighted by molar-refractivity contribution is 5.98. The number of amides is 2. The van der Waals surface area contributed by atoms with Gasteiger partial charge in [-0.2, -0.15) is 0 Å². The van der Waals surface area contributed by atoms with Crippen LogP contribution in [0.4, 0.5) is 9.18 Å². The van der Waals surface area contributed by atoms with E-state index < -0.39 is 34.2 Å². The van der Waals surface area contributed by atoms with Crippen molar-refractivity contribution < 1.29 is 13.6 Å². The molecule has 190 valence electrons. The maximum atomic E-state index is 18.5. The number of urea groups is 1. The molecule has 1 aliphatic carbocycles. The van der Waals surface area contributed by atoms with E-state index in [-0.39, 0.29) is 0 Å². The van der Waals surface area contributed by atoms with Gasteiger partial charge in [-0.25, -0.2) is 9.18 Å². The van der Waals surface area contributed by atoms with Crippen LogP contribution in [-0.2, 0) is 22.1 Å². The molecular weight excluding hydrogens is 467 g/mol. The van der Waals surface area contributed by atoms with Gasteiger partial charge in [0.1, 0.15) is 16.0 Å². The maximum absolute atomic E-state index is 18.5. The molecule has 6 heteroatoms. The van der Waals surface area contributed by atoms with E-state index in [1.807, 2.05) is 97.9 Å².